The minimum atomic E-state index is -2.76. The molecule has 1 atom stereocenters. The van der Waals surface area contributed by atoms with Crippen LogP contribution in [-0.4, -0.2) is 3.21 Å². The van der Waals surface area contributed by atoms with E-state index in [0.29, 0.717) is 3.63 Å². The molecular weight excluding hydrogens is 679 g/mol. The maximum absolute atomic E-state index is 2.76. The van der Waals surface area contributed by atoms with Gasteiger partial charge in [-0.15, -0.1) is 0 Å². The van der Waals surface area contributed by atoms with Gasteiger partial charge in [0.05, 0.1) is 0 Å². The molecule has 3 heteroatoms. The Bertz CT molecular complexity index is 1720. The molecule has 0 spiro atoms. The average molecular weight is 727 g/mol. The molecule has 4 aromatic rings. The minimum Gasteiger partial charge on any atom is -1.00 e. The molecule has 0 N–H and O–H groups in total. The van der Waals surface area contributed by atoms with Gasteiger partial charge in [0.1, 0.15) is 0 Å². The molecule has 0 amide bonds. The van der Waals surface area contributed by atoms with E-state index >= 15 is 0 Å². The van der Waals surface area contributed by atoms with Crippen LogP contribution in [0.4, 0.5) is 0 Å². The largest absolute Gasteiger partial charge is 1.00 e. The summed E-state index contributed by atoms with van der Waals surface area (Å²) in [7, 11) is 0. The van der Waals surface area contributed by atoms with Crippen molar-refractivity contribution in [2.75, 3.05) is 0 Å². The van der Waals surface area contributed by atoms with Crippen LogP contribution in [-0.2, 0) is 38.5 Å². The van der Waals surface area contributed by atoms with Crippen molar-refractivity contribution in [3.05, 3.63) is 148 Å². The van der Waals surface area contributed by atoms with Crippen molar-refractivity contribution in [3.8, 4) is 11.1 Å². The molecule has 0 saturated carbocycles. The Morgan fingerprint density at radius 2 is 1.35 bits per heavy atom. The van der Waals surface area contributed by atoms with E-state index < -0.39 is 21.3 Å². The summed E-state index contributed by atoms with van der Waals surface area (Å²) in [4.78, 5) is 0. The van der Waals surface area contributed by atoms with Gasteiger partial charge in [-0.2, -0.15) is 0 Å². The fourth-order valence-electron chi connectivity index (χ4n) is 7.12. The predicted molar refractivity (Wildman–Crippen MR) is 188 cm³/mol. The van der Waals surface area contributed by atoms with Gasteiger partial charge in [0.15, 0.2) is 0 Å². The maximum atomic E-state index is 2.68. The number of unbranched alkanes of at least 4 members (excludes halogenated alkanes) is 1. The van der Waals surface area contributed by atoms with Crippen molar-refractivity contribution in [2.45, 2.75) is 88.6 Å². The molecule has 0 heterocycles. The topological polar surface area (TPSA) is 0 Å². The third-order valence-electron chi connectivity index (χ3n) is 9.48. The second kappa shape index (κ2) is 14.9. The van der Waals surface area contributed by atoms with E-state index in [9.17, 15) is 0 Å². The molecule has 0 radical (unpaired) electrons. The maximum Gasteiger partial charge on any atom is -1.00 e. The van der Waals surface area contributed by atoms with Crippen LogP contribution in [0.5, 0.6) is 0 Å². The van der Waals surface area contributed by atoms with Crippen molar-refractivity contribution < 1.29 is 46.1 Å². The minimum absolute atomic E-state index is 0. The first-order valence-electron chi connectivity index (χ1n) is 16.6. The van der Waals surface area contributed by atoms with Crippen molar-refractivity contribution in [1.29, 1.82) is 0 Å². The Morgan fingerprint density at radius 3 is 1.91 bits per heavy atom. The molecule has 0 bridgehead atoms. The summed E-state index contributed by atoms with van der Waals surface area (Å²) in [5.74, 6) is 0. The average Bonchev–Trinajstić information content (AvgIpc) is 3.62. The number of benzene rings is 4. The van der Waals surface area contributed by atoms with E-state index in [1.165, 1.54) is 52.6 Å². The van der Waals surface area contributed by atoms with Crippen LogP contribution in [0.1, 0.15) is 101 Å². The van der Waals surface area contributed by atoms with Gasteiger partial charge in [0, 0.05) is 0 Å². The molecule has 0 aromatic heterocycles. The Labute approximate surface area is 298 Å². The van der Waals surface area contributed by atoms with E-state index in [1.54, 1.807) is 23.2 Å². The van der Waals surface area contributed by atoms with Gasteiger partial charge in [-0.25, -0.2) is 0 Å². The molecular formula is C43H48Cl2Zr. The summed E-state index contributed by atoms with van der Waals surface area (Å²) in [6, 6.07) is 35.0. The molecule has 6 rings (SSSR count). The smallest absolute Gasteiger partial charge is 1.00 e. The normalized spacial score (nSPS) is 14.7. The SMILES string of the molecule is CCCCC1=C[CH]([Zr+2](=[C](c2ccccc2)c2ccccc2)[c]2c(C(C)(C)C)ccc3c2Cc2cc(C(C)(C)C)ccc2-3)C=C1.[Cl-].[Cl-]. The fourth-order valence-corrected chi connectivity index (χ4v) is 16.6. The Hall–Kier alpha value is -2.31. The van der Waals surface area contributed by atoms with E-state index in [0.717, 1.165) is 6.42 Å². The zero-order valence-corrected chi connectivity index (χ0v) is 32.5. The van der Waals surface area contributed by atoms with Crippen molar-refractivity contribution in [3.63, 3.8) is 0 Å². The quantitative estimate of drug-likeness (QED) is 0.225. The summed E-state index contributed by atoms with van der Waals surface area (Å²) in [5.41, 5.74) is 13.6. The van der Waals surface area contributed by atoms with Gasteiger partial charge in [-0.1, -0.05) is 0 Å². The number of allylic oxidation sites excluding steroid dienone is 4. The van der Waals surface area contributed by atoms with Crippen LogP contribution in [0, 0.1) is 0 Å². The van der Waals surface area contributed by atoms with E-state index in [1.807, 2.05) is 0 Å². The van der Waals surface area contributed by atoms with Crippen LogP contribution < -0.4 is 28.1 Å². The Balaban J connectivity index is 0.00000240. The summed E-state index contributed by atoms with van der Waals surface area (Å²) >= 11 is -2.76. The molecule has 0 aliphatic heterocycles. The second-order valence-corrected chi connectivity index (χ2v) is 20.9. The number of hydrogen-bond acceptors (Lipinski definition) is 0. The molecule has 2 aliphatic carbocycles. The number of rotatable bonds is 7. The van der Waals surface area contributed by atoms with Gasteiger partial charge in [0.25, 0.3) is 0 Å². The van der Waals surface area contributed by atoms with Gasteiger partial charge in [0.2, 0.25) is 0 Å². The summed E-state index contributed by atoms with van der Waals surface area (Å²) < 4.78 is 3.85. The standard InChI is InChI=1S/C21H25.C13H10.C9H13.2ClH.Zr/c1-20(2,3)16-7-9-18-14(12-16)11-15-13-17(21(4,5)6)8-10-19(15)18;1-3-7-12(8-4-1)11-13-9-5-2-6-10-13;1-2-3-6-9-7-4-5-8-9;;;/h7-10,12H,11H2,1-6H3;1-10H;4-5,7-8H,2-3,6H2,1H3;2*1H;/q;;;;;+2/p-2. The molecule has 46 heavy (non-hydrogen) atoms. The van der Waals surface area contributed by atoms with E-state index in [-0.39, 0.29) is 35.6 Å². The molecule has 0 nitrogen and oxygen atoms in total. The number of hydrogen-bond donors (Lipinski definition) is 0. The van der Waals surface area contributed by atoms with Gasteiger partial charge in [-0.05, 0) is 0 Å². The van der Waals surface area contributed by atoms with E-state index in [4.69, 9.17) is 0 Å². The van der Waals surface area contributed by atoms with Gasteiger partial charge in [-0.3, -0.25) is 0 Å². The third-order valence-corrected chi connectivity index (χ3v) is 17.5. The molecule has 4 aromatic carbocycles. The van der Waals surface area contributed by atoms with Gasteiger partial charge < -0.3 is 24.8 Å². The zero-order chi connectivity index (χ0) is 31.1. The van der Waals surface area contributed by atoms with Crippen LogP contribution in [0.2, 0.25) is 3.63 Å². The Morgan fingerprint density at radius 1 is 0.739 bits per heavy atom. The van der Waals surface area contributed by atoms with Gasteiger partial charge >= 0.3 is 276 Å². The first-order valence-corrected chi connectivity index (χ1v) is 20.5. The number of halogens is 2. The van der Waals surface area contributed by atoms with Crippen molar-refractivity contribution >= 4 is 6.48 Å². The summed E-state index contributed by atoms with van der Waals surface area (Å²) in [6.07, 6.45) is 12.5. The Kier molecular flexibility index (Phi) is 11.8. The fraction of sp³-hybridized carbons (Fsp3) is 0.326. The molecule has 2 aliphatic rings. The van der Waals surface area contributed by atoms with Crippen LogP contribution in [0.3, 0.4) is 0 Å². The van der Waals surface area contributed by atoms with Crippen LogP contribution in [0.15, 0.2) is 115 Å². The first kappa shape index (κ1) is 36.5. The van der Waals surface area contributed by atoms with E-state index in [2.05, 4.69) is 158 Å². The second-order valence-electron chi connectivity index (χ2n) is 14.8. The molecule has 0 fully saturated rings. The zero-order valence-electron chi connectivity index (χ0n) is 28.6. The summed E-state index contributed by atoms with van der Waals surface area (Å²) in [5, 5.41) is 0. The monoisotopic (exact) mass is 724 g/mol. The molecule has 238 valence electrons. The third kappa shape index (κ3) is 7.38. The summed E-state index contributed by atoms with van der Waals surface area (Å²) in [6.45, 7) is 16.6. The van der Waals surface area contributed by atoms with Crippen molar-refractivity contribution in [2.24, 2.45) is 0 Å². The molecule has 0 saturated heterocycles. The number of fused-ring (bicyclic) bond motifs is 3. The van der Waals surface area contributed by atoms with Crippen molar-refractivity contribution in [1.82, 2.24) is 0 Å². The van der Waals surface area contributed by atoms with Crippen LogP contribution >= 0.6 is 0 Å². The predicted octanol–water partition coefficient (Wildman–Crippen LogP) is 4.85. The first-order chi connectivity index (χ1) is 21.1. The van der Waals surface area contributed by atoms with Crippen LogP contribution in [0.25, 0.3) is 11.1 Å². The molecule has 1 unspecified atom stereocenters.